The largest absolute Gasteiger partial charge is 0.480 e. The molecule has 2 amide bonds. The average Bonchev–Trinajstić information content (AvgIpc) is 2.59. The van der Waals surface area contributed by atoms with E-state index in [1.54, 1.807) is 16.8 Å². The number of aliphatic carboxylic acids is 1. The van der Waals surface area contributed by atoms with E-state index in [1.807, 2.05) is 0 Å². The first-order valence-corrected chi connectivity index (χ1v) is 9.54. The fourth-order valence-electron chi connectivity index (χ4n) is 4.00. The molecule has 0 radical (unpaired) electrons. The van der Waals surface area contributed by atoms with Gasteiger partial charge in [-0.3, -0.25) is 9.69 Å². The molecule has 1 atom stereocenters. The molecule has 2 fully saturated rings. The molecule has 8 nitrogen and oxygen atoms in total. The molecule has 2 aliphatic rings. The summed E-state index contributed by atoms with van der Waals surface area (Å²) in [6.07, 6.45) is 5.78. The summed E-state index contributed by atoms with van der Waals surface area (Å²) in [5.41, 5.74) is 0.0568. The average molecular weight is 370 g/mol. The molecule has 1 heterocycles. The number of carboxylic acid groups (broad SMARTS) is 1. The van der Waals surface area contributed by atoms with Crippen molar-refractivity contribution in [2.75, 3.05) is 60.5 Å². The smallest absolute Gasteiger partial charge is 0.317 e. The van der Waals surface area contributed by atoms with Gasteiger partial charge in [0.25, 0.3) is 0 Å². The van der Waals surface area contributed by atoms with E-state index in [2.05, 4.69) is 24.3 Å². The number of carbonyl (C=O) groups is 2. The van der Waals surface area contributed by atoms with E-state index in [0.29, 0.717) is 32.8 Å². The number of hydrogen-bond acceptors (Lipinski definition) is 5. The molecule has 0 bridgehead atoms. The normalized spacial score (nSPS) is 23.3. The highest BCUT2D eigenvalue weighted by atomic mass is 16.5. The van der Waals surface area contributed by atoms with E-state index in [9.17, 15) is 9.59 Å². The van der Waals surface area contributed by atoms with Gasteiger partial charge < -0.3 is 25.0 Å². The van der Waals surface area contributed by atoms with E-state index in [-0.39, 0.29) is 24.2 Å². The van der Waals surface area contributed by atoms with Crippen LogP contribution in [-0.4, -0.2) is 104 Å². The van der Waals surface area contributed by atoms with E-state index in [1.165, 1.54) is 19.3 Å². The summed E-state index contributed by atoms with van der Waals surface area (Å²) < 4.78 is 5.70. The first kappa shape index (κ1) is 20.9. The number of ether oxygens (including phenoxy) is 1. The minimum atomic E-state index is -0.862. The van der Waals surface area contributed by atoms with Crippen LogP contribution in [0.1, 0.15) is 32.1 Å². The number of rotatable bonds is 7. The Morgan fingerprint density at radius 2 is 1.92 bits per heavy atom. The number of urea groups is 1. The van der Waals surface area contributed by atoms with Crippen molar-refractivity contribution < 1.29 is 19.4 Å². The van der Waals surface area contributed by atoms with Gasteiger partial charge >= 0.3 is 12.0 Å². The number of morpholine rings is 1. The highest BCUT2D eigenvalue weighted by molar-refractivity contribution is 5.74. The summed E-state index contributed by atoms with van der Waals surface area (Å²) in [5, 5.41) is 12.0. The third-order valence-electron chi connectivity index (χ3n) is 5.65. The number of likely N-dealkylation sites (N-methyl/N-ethyl adjacent to an activating group) is 2. The molecule has 1 unspecified atom stereocenters. The van der Waals surface area contributed by atoms with E-state index < -0.39 is 5.97 Å². The third-order valence-corrected chi connectivity index (χ3v) is 5.65. The number of nitrogens with one attached hydrogen (secondary N) is 1. The Hall–Kier alpha value is -1.38. The molecule has 1 aliphatic carbocycles. The van der Waals surface area contributed by atoms with Crippen LogP contribution in [0.25, 0.3) is 0 Å². The first-order chi connectivity index (χ1) is 12.3. The monoisotopic (exact) mass is 370 g/mol. The van der Waals surface area contributed by atoms with Crippen molar-refractivity contribution in [1.29, 1.82) is 0 Å². The van der Waals surface area contributed by atoms with Gasteiger partial charge in [0.2, 0.25) is 0 Å². The molecular weight excluding hydrogens is 336 g/mol. The van der Waals surface area contributed by atoms with Gasteiger partial charge in [-0.1, -0.05) is 19.3 Å². The van der Waals surface area contributed by atoms with Gasteiger partial charge in [0, 0.05) is 31.7 Å². The molecule has 1 saturated carbocycles. The summed E-state index contributed by atoms with van der Waals surface area (Å²) in [5.74, 6) is -0.862. The molecule has 1 saturated heterocycles. The van der Waals surface area contributed by atoms with Crippen LogP contribution in [0.2, 0.25) is 0 Å². The van der Waals surface area contributed by atoms with E-state index in [4.69, 9.17) is 9.84 Å². The lowest BCUT2D eigenvalue weighted by Gasteiger charge is -2.43. The van der Waals surface area contributed by atoms with Crippen molar-refractivity contribution in [2.45, 2.75) is 43.7 Å². The standard InChI is InChI=1S/C18H34N4O4/c1-20(2)18(7-5-4-6-8-18)14-19-17(25)22-9-10-26-15(12-22)11-21(3)13-16(23)24/h15H,4-14H2,1-3H3,(H,19,25)(H,23,24). The maximum Gasteiger partial charge on any atom is 0.317 e. The van der Waals surface area contributed by atoms with Crippen molar-refractivity contribution in [1.82, 2.24) is 20.0 Å². The lowest BCUT2D eigenvalue weighted by molar-refractivity contribution is -0.138. The highest BCUT2D eigenvalue weighted by Gasteiger charge is 2.35. The fourth-order valence-corrected chi connectivity index (χ4v) is 4.00. The van der Waals surface area contributed by atoms with Crippen LogP contribution in [0.4, 0.5) is 4.79 Å². The number of carbonyl (C=O) groups excluding carboxylic acids is 1. The lowest BCUT2D eigenvalue weighted by atomic mass is 9.80. The maximum atomic E-state index is 12.6. The molecule has 26 heavy (non-hydrogen) atoms. The van der Waals surface area contributed by atoms with Gasteiger partial charge in [-0.25, -0.2) is 4.79 Å². The minimum absolute atomic E-state index is 0.0303. The molecule has 0 aromatic rings. The Kier molecular flexibility index (Phi) is 7.67. The van der Waals surface area contributed by atoms with Crippen LogP contribution >= 0.6 is 0 Å². The van der Waals surface area contributed by atoms with Gasteiger partial charge in [0.1, 0.15) is 0 Å². The van der Waals surface area contributed by atoms with Crippen LogP contribution in [0.15, 0.2) is 0 Å². The van der Waals surface area contributed by atoms with Crippen LogP contribution in [-0.2, 0) is 9.53 Å². The summed E-state index contributed by atoms with van der Waals surface area (Å²) in [7, 11) is 5.95. The molecule has 2 rings (SSSR count). The Morgan fingerprint density at radius 1 is 1.23 bits per heavy atom. The molecule has 0 aromatic heterocycles. The van der Waals surface area contributed by atoms with Crippen LogP contribution in [0.3, 0.4) is 0 Å². The molecule has 2 N–H and O–H groups in total. The Morgan fingerprint density at radius 3 is 2.54 bits per heavy atom. The van der Waals surface area contributed by atoms with Crippen LogP contribution in [0.5, 0.6) is 0 Å². The Labute approximate surface area is 156 Å². The predicted molar refractivity (Wildman–Crippen MR) is 99.3 cm³/mol. The molecule has 8 heteroatoms. The summed E-state index contributed by atoms with van der Waals surface area (Å²) in [6.45, 7) is 2.68. The van der Waals surface area contributed by atoms with Crippen molar-refractivity contribution >= 4 is 12.0 Å². The van der Waals surface area contributed by atoms with Crippen LogP contribution < -0.4 is 5.32 Å². The third kappa shape index (κ3) is 5.82. The van der Waals surface area contributed by atoms with Gasteiger partial charge in [-0.2, -0.15) is 0 Å². The molecule has 0 aromatic carbocycles. The molecule has 0 spiro atoms. The summed E-state index contributed by atoms with van der Waals surface area (Å²) >= 11 is 0. The summed E-state index contributed by atoms with van der Waals surface area (Å²) in [4.78, 5) is 29.2. The SMILES string of the molecule is CN(CC(=O)O)CC1CN(C(=O)NCC2(N(C)C)CCCCC2)CCO1. The number of carboxylic acids is 1. The number of nitrogens with zero attached hydrogens (tertiary/aromatic N) is 3. The lowest BCUT2D eigenvalue weighted by Crippen LogP contribution is -2.57. The second kappa shape index (κ2) is 9.53. The first-order valence-electron chi connectivity index (χ1n) is 9.54. The Bertz CT molecular complexity index is 480. The topological polar surface area (TPSA) is 85.4 Å². The number of hydrogen-bond donors (Lipinski definition) is 2. The van der Waals surface area contributed by atoms with Crippen molar-refractivity contribution in [3.05, 3.63) is 0 Å². The maximum absolute atomic E-state index is 12.6. The minimum Gasteiger partial charge on any atom is -0.480 e. The second-order valence-electron chi connectivity index (χ2n) is 7.87. The van der Waals surface area contributed by atoms with Crippen molar-refractivity contribution in [3.63, 3.8) is 0 Å². The van der Waals surface area contributed by atoms with Gasteiger partial charge in [0.15, 0.2) is 0 Å². The van der Waals surface area contributed by atoms with Crippen molar-refractivity contribution in [2.24, 2.45) is 0 Å². The zero-order valence-corrected chi connectivity index (χ0v) is 16.4. The molecule has 1 aliphatic heterocycles. The second-order valence-corrected chi connectivity index (χ2v) is 7.87. The highest BCUT2D eigenvalue weighted by Crippen LogP contribution is 2.31. The zero-order chi connectivity index (χ0) is 19.2. The Balaban J connectivity index is 1.83. The summed E-state index contributed by atoms with van der Waals surface area (Å²) in [6, 6.07) is -0.0500. The van der Waals surface area contributed by atoms with Crippen molar-refractivity contribution in [3.8, 4) is 0 Å². The fraction of sp³-hybridized carbons (Fsp3) is 0.889. The molecule has 150 valence electrons. The quantitative estimate of drug-likeness (QED) is 0.685. The van der Waals surface area contributed by atoms with Gasteiger partial charge in [-0.05, 0) is 34.0 Å². The number of amides is 2. The van der Waals surface area contributed by atoms with Crippen LogP contribution in [0, 0.1) is 0 Å². The van der Waals surface area contributed by atoms with E-state index in [0.717, 1.165) is 12.8 Å². The van der Waals surface area contributed by atoms with Gasteiger partial charge in [0.05, 0.1) is 19.3 Å². The molecular formula is C18H34N4O4. The zero-order valence-electron chi connectivity index (χ0n) is 16.4. The predicted octanol–water partition coefficient (Wildman–Crippen LogP) is 0.678. The van der Waals surface area contributed by atoms with E-state index >= 15 is 0 Å². The van der Waals surface area contributed by atoms with Gasteiger partial charge in [-0.15, -0.1) is 0 Å².